The van der Waals surface area contributed by atoms with Gasteiger partial charge in [-0.15, -0.1) is 0 Å². The van der Waals surface area contributed by atoms with Crippen LogP contribution in [0.1, 0.15) is 33.6 Å². The van der Waals surface area contributed by atoms with Crippen LogP contribution in [-0.4, -0.2) is 28.0 Å². The first kappa shape index (κ1) is 20.7. The number of carbonyl (C=O) groups is 1. The largest absolute Gasteiger partial charge is 0.365 e. The monoisotopic (exact) mass is 439 g/mol. The van der Waals surface area contributed by atoms with Crippen LogP contribution in [0.3, 0.4) is 0 Å². The summed E-state index contributed by atoms with van der Waals surface area (Å²) in [6, 6.07) is 15.2. The molecule has 0 radical (unpaired) electrons. The lowest BCUT2D eigenvalue weighted by Gasteiger charge is -2.31. The highest BCUT2D eigenvalue weighted by Gasteiger charge is 2.19. The van der Waals surface area contributed by atoms with Crippen LogP contribution in [-0.2, 0) is 13.0 Å². The summed E-state index contributed by atoms with van der Waals surface area (Å²) in [5.74, 6) is 0.158. The molecule has 0 amide bonds. The third kappa shape index (κ3) is 4.60. The first-order valence-electron chi connectivity index (χ1n) is 9.85. The molecule has 5 nitrogen and oxygen atoms in total. The zero-order chi connectivity index (χ0) is 21.1. The van der Waals surface area contributed by atoms with Gasteiger partial charge in [0.2, 0.25) is 0 Å². The van der Waals surface area contributed by atoms with Gasteiger partial charge in [0.25, 0.3) is 5.56 Å². The molecule has 4 rings (SSSR count). The van der Waals surface area contributed by atoms with Gasteiger partial charge >= 0.3 is 0 Å². The lowest BCUT2D eigenvalue weighted by atomic mass is 10.0. The maximum Gasteiger partial charge on any atom is 0.254 e. The Morgan fingerprint density at radius 1 is 1.20 bits per heavy atom. The molecule has 30 heavy (non-hydrogen) atoms. The van der Waals surface area contributed by atoms with Gasteiger partial charge in [0.15, 0.2) is 10.9 Å². The second-order valence-electron chi connectivity index (χ2n) is 7.32. The highest BCUT2D eigenvalue weighted by molar-refractivity contribution is 7.99. The van der Waals surface area contributed by atoms with E-state index in [-0.39, 0.29) is 17.1 Å². The number of nitrogens with zero attached hydrogens (tertiary/aromatic N) is 2. The molecule has 154 valence electrons. The molecule has 1 aliphatic rings. The number of anilines is 1. The molecule has 1 aromatic heterocycles. The smallest absolute Gasteiger partial charge is 0.254 e. The summed E-state index contributed by atoms with van der Waals surface area (Å²) >= 11 is 7.12. The van der Waals surface area contributed by atoms with Gasteiger partial charge in [-0.05, 0) is 55.7 Å². The van der Waals surface area contributed by atoms with Crippen LogP contribution in [0.15, 0.2) is 58.5 Å². The second-order valence-corrected chi connectivity index (χ2v) is 8.72. The maximum atomic E-state index is 12.5. The minimum Gasteiger partial charge on any atom is -0.365 e. The minimum absolute atomic E-state index is 0.0357. The number of benzene rings is 2. The molecule has 0 spiro atoms. The SMILES string of the molecule is Cc1c(CN2CCCc3ccccc32)nc(SCC(=O)c2ccc(Cl)cc2)[nH]c1=O. The summed E-state index contributed by atoms with van der Waals surface area (Å²) in [6.45, 7) is 3.30. The van der Waals surface area contributed by atoms with Crippen molar-refractivity contribution < 1.29 is 4.79 Å². The van der Waals surface area contributed by atoms with Gasteiger partial charge in [-0.25, -0.2) is 4.98 Å². The first-order valence-corrected chi connectivity index (χ1v) is 11.2. The number of carbonyl (C=O) groups excluding carboxylic acids is 1. The predicted octanol–water partition coefficient (Wildman–Crippen LogP) is 4.66. The maximum absolute atomic E-state index is 12.5. The number of Topliss-reactive ketones (excluding diaryl/α,β-unsaturated/α-hetero) is 1. The third-order valence-electron chi connectivity index (χ3n) is 5.28. The molecule has 2 aromatic carbocycles. The van der Waals surface area contributed by atoms with Gasteiger partial charge in [0.05, 0.1) is 18.0 Å². The number of halogens is 1. The van der Waals surface area contributed by atoms with Crippen molar-refractivity contribution in [3.63, 3.8) is 0 Å². The molecule has 0 saturated carbocycles. The van der Waals surface area contributed by atoms with E-state index < -0.39 is 0 Å². The summed E-state index contributed by atoms with van der Waals surface area (Å²) in [6.07, 6.45) is 2.15. The number of rotatable bonds is 6. The van der Waals surface area contributed by atoms with Crippen LogP contribution in [0.25, 0.3) is 0 Å². The second kappa shape index (κ2) is 9.06. The number of hydrogen-bond acceptors (Lipinski definition) is 5. The summed E-state index contributed by atoms with van der Waals surface area (Å²) < 4.78 is 0. The van der Waals surface area contributed by atoms with Crippen molar-refractivity contribution in [1.29, 1.82) is 0 Å². The van der Waals surface area contributed by atoms with E-state index >= 15 is 0 Å². The summed E-state index contributed by atoms with van der Waals surface area (Å²) in [5, 5.41) is 1.06. The highest BCUT2D eigenvalue weighted by Crippen LogP contribution is 2.28. The molecule has 0 atom stereocenters. The molecule has 0 bridgehead atoms. The van der Waals surface area contributed by atoms with E-state index in [9.17, 15) is 9.59 Å². The minimum atomic E-state index is -0.160. The topological polar surface area (TPSA) is 66.1 Å². The molecule has 1 aliphatic heterocycles. The zero-order valence-electron chi connectivity index (χ0n) is 16.7. The van der Waals surface area contributed by atoms with Crippen LogP contribution in [0.5, 0.6) is 0 Å². The molecular formula is C23H22ClN3O2S. The molecule has 2 heterocycles. The first-order chi connectivity index (χ1) is 14.5. The summed E-state index contributed by atoms with van der Waals surface area (Å²) in [4.78, 5) is 34.6. The number of nitrogens with one attached hydrogen (secondary N) is 1. The Morgan fingerprint density at radius 3 is 2.77 bits per heavy atom. The fourth-order valence-electron chi connectivity index (χ4n) is 3.59. The van der Waals surface area contributed by atoms with E-state index in [1.54, 1.807) is 31.2 Å². The highest BCUT2D eigenvalue weighted by atomic mass is 35.5. The Balaban J connectivity index is 1.51. The molecule has 0 aliphatic carbocycles. The van der Waals surface area contributed by atoms with Crippen LogP contribution in [0, 0.1) is 6.92 Å². The molecule has 7 heteroatoms. The van der Waals surface area contributed by atoms with E-state index in [1.165, 1.54) is 23.0 Å². The third-order valence-corrected chi connectivity index (χ3v) is 6.41. The standard InChI is InChI=1S/C23H22ClN3O2S/c1-15-19(13-27-12-4-6-16-5-2-3-7-20(16)27)25-23(26-22(15)29)30-14-21(28)17-8-10-18(24)11-9-17/h2-3,5,7-11H,4,6,12-14H2,1H3,(H,25,26,29). The average Bonchev–Trinajstić information content (AvgIpc) is 2.76. The molecule has 0 unspecified atom stereocenters. The van der Waals surface area contributed by atoms with Crippen molar-refractivity contribution in [3.05, 3.63) is 86.3 Å². The number of para-hydroxylation sites is 1. The van der Waals surface area contributed by atoms with E-state index in [4.69, 9.17) is 11.6 Å². The van der Waals surface area contributed by atoms with Gasteiger partial charge in [-0.3, -0.25) is 9.59 Å². The molecular weight excluding hydrogens is 418 g/mol. The van der Waals surface area contributed by atoms with E-state index in [0.29, 0.717) is 27.9 Å². The zero-order valence-corrected chi connectivity index (χ0v) is 18.2. The number of fused-ring (bicyclic) bond motifs is 1. The lowest BCUT2D eigenvalue weighted by Crippen LogP contribution is -2.31. The van der Waals surface area contributed by atoms with E-state index in [0.717, 1.165) is 25.1 Å². The Labute approximate surface area is 184 Å². The number of hydrogen-bond donors (Lipinski definition) is 1. The number of aromatic nitrogens is 2. The Morgan fingerprint density at radius 2 is 1.97 bits per heavy atom. The van der Waals surface area contributed by atoms with E-state index in [1.807, 2.05) is 6.07 Å². The van der Waals surface area contributed by atoms with Crippen LogP contribution in [0.4, 0.5) is 5.69 Å². The number of ketones is 1. The molecule has 1 N–H and O–H groups in total. The van der Waals surface area contributed by atoms with Crippen molar-refractivity contribution in [3.8, 4) is 0 Å². The number of aromatic amines is 1. The van der Waals surface area contributed by atoms with Gasteiger partial charge in [-0.2, -0.15) is 0 Å². The Hall–Kier alpha value is -2.57. The predicted molar refractivity (Wildman–Crippen MR) is 122 cm³/mol. The van der Waals surface area contributed by atoms with Crippen molar-refractivity contribution >= 4 is 34.8 Å². The summed E-state index contributed by atoms with van der Waals surface area (Å²) in [5.41, 5.74) is 4.33. The number of aryl methyl sites for hydroxylation is 1. The Kier molecular flexibility index (Phi) is 6.25. The average molecular weight is 440 g/mol. The van der Waals surface area contributed by atoms with Crippen molar-refractivity contribution in [1.82, 2.24) is 9.97 Å². The van der Waals surface area contributed by atoms with Gasteiger partial charge in [0, 0.05) is 28.4 Å². The van der Waals surface area contributed by atoms with Crippen LogP contribution in [0.2, 0.25) is 5.02 Å². The van der Waals surface area contributed by atoms with Gasteiger partial charge < -0.3 is 9.88 Å². The fourth-order valence-corrected chi connectivity index (χ4v) is 4.49. The number of thioether (sulfide) groups is 1. The fraction of sp³-hybridized carbons (Fsp3) is 0.261. The van der Waals surface area contributed by atoms with Crippen molar-refractivity contribution in [2.45, 2.75) is 31.5 Å². The molecule has 0 fully saturated rings. The van der Waals surface area contributed by atoms with Gasteiger partial charge in [-0.1, -0.05) is 41.6 Å². The summed E-state index contributed by atoms with van der Waals surface area (Å²) in [7, 11) is 0. The quantitative estimate of drug-likeness (QED) is 0.344. The molecule has 3 aromatic rings. The van der Waals surface area contributed by atoms with Gasteiger partial charge in [0.1, 0.15) is 0 Å². The van der Waals surface area contributed by atoms with Crippen LogP contribution < -0.4 is 10.5 Å². The number of H-pyrrole nitrogens is 1. The van der Waals surface area contributed by atoms with E-state index in [2.05, 4.69) is 33.1 Å². The van der Waals surface area contributed by atoms with Crippen LogP contribution >= 0.6 is 23.4 Å². The lowest BCUT2D eigenvalue weighted by molar-refractivity contribution is 0.102. The van der Waals surface area contributed by atoms with Crippen molar-refractivity contribution in [2.24, 2.45) is 0 Å². The normalized spacial score (nSPS) is 13.2. The Bertz CT molecular complexity index is 1130. The molecule has 0 saturated heterocycles. The van der Waals surface area contributed by atoms with Crippen molar-refractivity contribution in [2.75, 3.05) is 17.2 Å².